The van der Waals surface area contributed by atoms with Gasteiger partial charge < -0.3 is 15.4 Å². The zero-order valence-electron chi connectivity index (χ0n) is 15.7. The average Bonchev–Trinajstić information content (AvgIpc) is 3.05. The van der Waals surface area contributed by atoms with Crippen molar-refractivity contribution in [3.63, 3.8) is 0 Å². The molecule has 0 spiro atoms. The van der Waals surface area contributed by atoms with Gasteiger partial charge in [-0.15, -0.1) is 0 Å². The number of nitrogens with two attached hydrogens (primary N) is 1. The van der Waals surface area contributed by atoms with Gasteiger partial charge in [0.1, 0.15) is 5.60 Å². The number of allylic oxidation sites excluding steroid dienone is 2. The average molecular weight is 342 g/mol. The highest BCUT2D eigenvalue weighted by Gasteiger charge is 2.30. The van der Waals surface area contributed by atoms with Gasteiger partial charge in [0, 0.05) is 30.3 Å². The molecule has 1 aromatic rings. The number of rotatable bonds is 2. The molecule has 0 aromatic heterocycles. The van der Waals surface area contributed by atoms with Crippen LogP contribution in [0.4, 0.5) is 10.5 Å². The van der Waals surface area contributed by atoms with Crippen LogP contribution in [0.5, 0.6) is 0 Å². The molecule has 3 rings (SSSR count). The summed E-state index contributed by atoms with van der Waals surface area (Å²) in [5.41, 5.74) is 10.5. The van der Waals surface area contributed by atoms with Gasteiger partial charge in [0.15, 0.2) is 0 Å². The van der Waals surface area contributed by atoms with Gasteiger partial charge in [0.05, 0.1) is 0 Å². The van der Waals surface area contributed by atoms with Gasteiger partial charge in [-0.05, 0) is 76.1 Å². The standard InChI is InChI=1S/C21H30N2O2/c1-21(2,3)25-20(24)23-12-11-17(14-23)16-9-10-19(22)18(13-16)15-7-5-4-6-8-15/h7,9-10,13,17H,4-6,8,11-12,14,22H2,1-3H3. The van der Waals surface area contributed by atoms with Crippen molar-refractivity contribution in [3.8, 4) is 0 Å². The van der Waals surface area contributed by atoms with Crippen LogP contribution in [0, 0.1) is 0 Å². The molecule has 1 aliphatic heterocycles. The smallest absolute Gasteiger partial charge is 0.410 e. The maximum Gasteiger partial charge on any atom is 0.410 e. The van der Waals surface area contributed by atoms with E-state index in [4.69, 9.17) is 10.5 Å². The van der Waals surface area contributed by atoms with E-state index in [-0.39, 0.29) is 6.09 Å². The molecular formula is C21H30N2O2. The molecule has 136 valence electrons. The zero-order valence-corrected chi connectivity index (χ0v) is 15.7. The van der Waals surface area contributed by atoms with Crippen LogP contribution < -0.4 is 5.73 Å². The third kappa shape index (κ3) is 4.36. The summed E-state index contributed by atoms with van der Waals surface area (Å²) in [6, 6.07) is 6.39. The van der Waals surface area contributed by atoms with Gasteiger partial charge in [0.25, 0.3) is 0 Å². The third-order valence-electron chi connectivity index (χ3n) is 5.03. The van der Waals surface area contributed by atoms with Crippen molar-refractivity contribution in [3.05, 3.63) is 35.4 Å². The molecule has 2 aliphatic rings. The number of nitrogens with zero attached hydrogens (tertiary/aromatic N) is 1. The molecule has 25 heavy (non-hydrogen) atoms. The van der Waals surface area contributed by atoms with Crippen LogP contribution >= 0.6 is 0 Å². The van der Waals surface area contributed by atoms with Crippen molar-refractivity contribution in [1.82, 2.24) is 4.90 Å². The fraction of sp³-hybridized carbons (Fsp3) is 0.571. The number of likely N-dealkylation sites (tertiary alicyclic amines) is 1. The molecule has 1 heterocycles. The minimum Gasteiger partial charge on any atom is -0.444 e. The lowest BCUT2D eigenvalue weighted by Crippen LogP contribution is -2.35. The summed E-state index contributed by atoms with van der Waals surface area (Å²) >= 11 is 0. The lowest BCUT2D eigenvalue weighted by atomic mass is 9.89. The lowest BCUT2D eigenvalue weighted by molar-refractivity contribution is 0.0292. The molecule has 1 fully saturated rings. The molecule has 1 aromatic carbocycles. The van der Waals surface area contributed by atoms with E-state index in [0.717, 1.165) is 38.0 Å². The summed E-state index contributed by atoms with van der Waals surface area (Å²) in [5, 5.41) is 0. The monoisotopic (exact) mass is 342 g/mol. The predicted molar refractivity (Wildman–Crippen MR) is 102 cm³/mol. The van der Waals surface area contributed by atoms with Crippen molar-refractivity contribution in [2.45, 2.75) is 64.4 Å². The van der Waals surface area contributed by atoms with Crippen molar-refractivity contribution in [2.75, 3.05) is 18.8 Å². The van der Waals surface area contributed by atoms with Crippen LogP contribution in [0.25, 0.3) is 5.57 Å². The summed E-state index contributed by atoms with van der Waals surface area (Å²) in [6.45, 7) is 7.19. The number of carbonyl (C=O) groups excluding carboxylic acids is 1. The fourth-order valence-electron chi connectivity index (χ4n) is 3.71. The second-order valence-electron chi connectivity index (χ2n) is 8.23. The Morgan fingerprint density at radius 3 is 2.76 bits per heavy atom. The minimum absolute atomic E-state index is 0.208. The second kappa shape index (κ2) is 7.11. The quantitative estimate of drug-likeness (QED) is 0.774. The molecule has 1 atom stereocenters. The largest absolute Gasteiger partial charge is 0.444 e. The Hall–Kier alpha value is -1.97. The molecule has 1 saturated heterocycles. The SMILES string of the molecule is CC(C)(C)OC(=O)N1CCC(c2ccc(N)c(C3=CCCCC3)c2)C1. The molecule has 1 unspecified atom stereocenters. The van der Waals surface area contributed by atoms with Crippen molar-refractivity contribution in [2.24, 2.45) is 0 Å². The van der Waals surface area contributed by atoms with E-state index < -0.39 is 5.60 Å². The van der Waals surface area contributed by atoms with E-state index in [2.05, 4.69) is 18.2 Å². The van der Waals surface area contributed by atoms with Crippen molar-refractivity contribution < 1.29 is 9.53 Å². The van der Waals surface area contributed by atoms with E-state index in [0.29, 0.717) is 5.92 Å². The molecule has 0 radical (unpaired) electrons. The molecule has 2 N–H and O–H groups in total. The van der Waals surface area contributed by atoms with Gasteiger partial charge >= 0.3 is 6.09 Å². The fourth-order valence-corrected chi connectivity index (χ4v) is 3.71. The number of nitrogen functional groups attached to an aromatic ring is 1. The highest BCUT2D eigenvalue weighted by Crippen LogP contribution is 2.35. The van der Waals surface area contributed by atoms with Crippen LogP contribution in [0.15, 0.2) is 24.3 Å². The first-order valence-corrected chi connectivity index (χ1v) is 9.40. The topological polar surface area (TPSA) is 55.6 Å². The van der Waals surface area contributed by atoms with E-state index in [1.807, 2.05) is 31.7 Å². The van der Waals surface area contributed by atoms with E-state index in [9.17, 15) is 4.79 Å². The van der Waals surface area contributed by atoms with Crippen LogP contribution in [0.1, 0.15) is 69.9 Å². The summed E-state index contributed by atoms with van der Waals surface area (Å²) in [4.78, 5) is 14.1. The molecule has 0 saturated carbocycles. The Balaban J connectivity index is 1.73. The van der Waals surface area contributed by atoms with Crippen molar-refractivity contribution in [1.29, 1.82) is 0 Å². The maximum absolute atomic E-state index is 12.3. The van der Waals surface area contributed by atoms with Gasteiger partial charge in [-0.3, -0.25) is 0 Å². The van der Waals surface area contributed by atoms with Gasteiger partial charge in [-0.1, -0.05) is 12.1 Å². The molecule has 1 aliphatic carbocycles. The summed E-state index contributed by atoms with van der Waals surface area (Å²) < 4.78 is 5.50. The molecule has 4 nitrogen and oxygen atoms in total. The van der Waals surface area contributed by atoms with Crippen LogP contribution in [-0.2, 0) is 4.74 Å². The van der Waals surface area contributed by atoms with Gasteiger partial charge in [-0.25, -0.2) is 4.79 Å². The molecule has 1 amide bonds. The Labute approximate surface area is 151 Å². The zero-order chi connectivity index (χ0) is 18.0. The Kier molecular flexibility index (Phi) is 5.07. The van der Waals surface area contributed by atoms with E-state index >= 15 is 0 Å². The van der Waals surface area contributed by atoms with Crippen LogP contribution in [0.2, 0.25) is 0 Å². The van der Waals surface area contributed by atoms with Gasteiger partial charge in [-0.2, -0.15) is 0 Å². The van der Waals surface area contributed by atoms with E-state index in [1.165, 1.54) is 29.5 Å². The Bertz CT molecular complexity index is 673. The number of benzene rings is 1. The minimum atomic E-state index is -0.447. The molecular weight excluding hydrogens is 312 g/mol. The summed E-state index contributed by atoms with van der Waals surface area (Å²) in [7, 11) is 0. The summed E-state index contributed by atoms with van der Waals surface area (Å²) in [5.74, 6) is 0.357. The first-order valence-electron chi connectivity index (χ1n) is 9.40. The molecule has 4 heteroatoms. The number of carbonyl (C=O) groups is 1. The predicted octanol–water partition coefficient (Wildman–Crippen LogP) is 4.95. The number of hydrogen-bond donors (Lipinski definition) is 1. The summed E-state index contributed by atoms with van der Waals surface area (Å²) in [6.07, 6.45) is 7.88. The first-order chi connectivity index (χ1) is 11.8. The van der Waals surface area contributed by atoms with Gasteiger partial charge in [0.2, 0.25) is 0 Å². The number of anilines is 1. The van der Waals surface area contributed by atoms with E-state index in [1.54, 1.807) is 0 Å². The third-order valence-corrected chi connectivity index (χ3v) is 5.03. The number of amides is 1. The second-order valence-corrected chi connectivity index (χ2v) is 8.23. The normalized spacial score (nSPS) is 21.2. The maximum atomic E-state index is 12.3. The highest BCUT2D eigenvalue weighted by molar-refractivity contribution is 5.76. The molecule has 0 bridgehead atoms. The first kappa shape index (κ1) is 17.8. The lowest BCUT2D eigenvalue weighted by Gasteiger charge is -2.24. The number of hydrogen-bond acceptors (Lipinski definition) is 3. The van der Waals surface area contributed by atoms with Crippen LogP contribution in [-0.4, -0.2) is 29.7 Å². The highest BCUT2D eigenvalue weighted by atomic mass is 16.6. The Morgan fingerprint density at radius 2 is 2.08 bits per heavy atom. The van der Waals surface area contributed by atoms with Crippen molar-refractivity contribution >= 4 is 17.4 Å². The Morgan fingerprint density at radius 1 is 1.28 bits per heavy atom. The van der Waals surface area contributed by atoms with Crippen LogP contribution in [0.3, 0.4) is 0 Å². The number of ether oxygens (including phenoxy) is 1.